The summed E-state index contributed by atoms with van der Waals surface area (Å²) >= 11 is 12.1. The molecule has 0 fully saturated rings. The second-order valence-electron chi connectivity index (χ2n) is 10.6. The number of amides is 1. The molecule has 10 nitrogen and oxygen atoms in total. The zero-order valence-electron chi connectivity index (χ0n) is 25.6. The topological polar surface area (TPSA) is 158 Å². The Morgan fingerprint density at radius 3 is 2.30 bits per heavy atom. The van der Waals surface area contributed by atoms with Gasteiger partial charge in [0, 0.05) is 82.4 Å². The number of H-pyrrole nitrogens is 1. The Morgan fingerprint density at radius 1 is 0.936 bits per heavy atom. The van der Waals surface area contributed by atoms with Gasteiger partial charge in [0.1, 0.15) is 12.1 Å². The minimum Gasteiger partial charge on any atom is -0.450 e. The van der Waals surface area contributed by atoms with Crippen LogP contribution in [0.25, 0.3) is 44.3 Å². The summed E-state index contributed by atoms with van der Waals surface area (Å²) in [6, 6.07) is 19.3. The smallest absolute Gasteiger partial charge is 0.407 e. The quantitative estimate of drug-likeness (QED) is 0.158. The molecular formula is C35H30Cl2N8O2. The third kappa shape index (κ3) is 7.21. The number of halogens is 2. The van der Waals surface area contributed by atoms with Crippen LogP contribution in [0.3, 0.4) is 0 Å². The van der Waals surface area contributed by atoms with Crippen molar-refractivity contribution >= 4 is 51.1 Å². The molecule has 4 heterocycles. The maximum Gasteiger partial charge on any atom is 0.407 e. The van der Waals surface area contributed by atoms with Gasteiger partial charge in [-0.1, -0.05) is 30.1 Å². The molecule has 0 unspecified atom stereocenters. The average Bonchev–Trinajstić information content (AvgIpc) is 3.60. The lowest BCUT2D eigenvalue weighted by Crippen LogP contribution is -2.24. The molecule has 0 spiro atoms. The van der Waals surface area contributed by atoms with Crippen LogP contribution in [-0.2, 0) is 24.9 Å². The number of aryl methyl sites for hydroxylation is 1. The first-order chi connectivity index (χ1) is 22.8. The molecule has 6 aromatic rings. The second-order valence-corrected chi connectivity index (χ2v) is 11.5. The highest BCUT2D eigenvalue weighted by molar-refractivity contribution is 6.31. The average molecular weight is 666 g/mol. The maximum absolute atomic E-state index is 11.6. The molecule has 0 atom stereocenters. The van der Waals surface area contributed by atoms with Gasteiger partial charge in [-0.3, -0.25) is 9.97 Å². The van der Waals surface area contributed by atoms with Gasteiger partial charge in [-0.25, -0.2) is 4.79 Å². The number of aromatic nitrogens is 4. The van der Waals surface area contributed by atoms with E-state index in [9.17, 15) is 15.3 Å². The minimum atomic E-state index is -0.463. The van der Waals surface area contributed by atoms with Crippen LogP contribution in [0, 0.1) is 22.7 Å². The molecule has 4 aromatic heterocycles. The number of carbonyl (C=O) groups excluding carboxylic acids is 1. The number of fused-ring (bicyclic) bond motifs is 2. The van der Waals surface area contributed by atoms with E-state index >= 15 is 0 Å². The summed E-state index contributed by atoms with van der Waals surface area (Å²) in [6.07, 6.45) is 7.12. The Labute approximate surface area is 281 Å². The van der Waals surface area contributed by atoms with E-state index in [0.717, 1.165) is 56.2 Å². The predicted octanol–water partition coefficient (Wildman–Crippen LogP) is 7.62. The maximum atomic E-state index is 11.6. The number of rotatable bonds is 7. The lowest BCUT2D eigenvalue weighted by Gasteiger charge is -2.07. The van der Waals surface area contributed by atoms with Gasteiger partial charge in [0.2, 0.25) is 0 Å². The lowest BCUT2D eigenvalue weighted by molar-refractivity contribution is 0.145. The SMILES string of the molecule is CCCOC(=O)NCc1cncc(-c2[nH]c3cc(Cl)ccc3c2C#N)c1.Cn1c(-c2cncc(CN)c2)c(C#N)c2ccc(Cl)cc21. The molecule has 1 amide bonds. The largest absolute Gasteiger partial charge is 0.450 e. The molecule has 0 radical (unpaired) electrons. The van der Waals surface area contributed by atoms with Gasteiger partial charge in [0.05, 0.1) is 34.6 Å². The molecule has 4 N–H and O–H groups in total. The number of pyridine rings is 2. The molecule has 0 aliphatic carbocycles. The van der Waals surface area contributed by atoms with Crippen molar-refractivity contribution in [2.24, 2.45) is 12.8 Å². The standard InChI is InChI=1S/C19H17ClN4O2.C16H13ClN4/c1-2-5-26-19(25)23-10-12-6-13(11-22-9-12)18-16(8-21)15-4-3-14(20)7-17(15)24-18;1-21-15-5-12(17)2-3-13(15)14(7-19)16(21)11-4-10(6-18)8-20-9-11/h3-4,6-7,9,11,24H,2,5,10H2,1H3,(H,23,25);2-5,8-9H,6,18H2,1H3. The van der Waals surface area contributed by atoms with E-state index < -0.39 is 6.09 Å². The van der Waals surface area contributed by atoms with Gasteiger partial charge in [-0.2, -0.15) is 10.5 Å². The molecule has 0 saturated heterocycles. The normalized spacial score (nSPS) is 10.6. The molecule has 2 aromatic carbocycles. The molecule has 12 heteroatoms. The minimum absolute atomic E-state index is 0.289. The van der Waals surface area contributed by atoms with Crippen LogP contribution in [0.4, 0.5) is 4.79 Å². The first-order valence-corrected chi connectivity index (χ1v) is 15.4. The summed E-state index contributed by atoms with van der Waals surface area (Å²) in [7, 11) is 1.92. The van der Waals surface area contributed by atoms with Gasteiger partial charge in [0.25, 0.3) is 0 Å². The number of alkyl carbamates (subject to hydrolysis) is 1. The Bertz CT molecular complexity index is 2180. The highest BCUT2D eigenvalue weighted by atomic mass is 35.5. The van der Waals surface area contributed by atoms with Crippen molar-refractivity contribution in [3.05, 3.63) is 106 Å². The fourth-order valence-corrected chi connectivity index (χ4v) is 5.57. The Kier molecular flexibility index (Phi) is 10.4. The van der Waals surface area contributed by atoms with E-state index in [1.54, 1.807) is 43.0 Å². The monoisotopic (exact) mass is 664 g/mol. The number of aromatic amines is 1. The van der Waals surface area contributed by atoms with E-state index in [1.165, 1.54) is 0 Å². The second kappa shape index (κ2) is 14.8. The van der Waals surface area contributed by atoms with E-state index in [0.29, 0.717) is 40.0 Å². The summed E-state index contributed by atoms with van der Waals surface area (Å²) in [5, 5.41) is 24.7. The molecule has 6 rings (SSSR count). The summed E-state index contributed by atoms with van der Waals surface area (Å²) in [5.74, 6) is 0. The van der Waals surface area contributed by atoms with Crippen LogP contribution in [-0.4, -0.2) is 32.2 Å². The first-order valence-electron chi connectivity index (χ1n) is 14.7. The fraction of sp³-hybridized carbons (Fsp3) is 0.171. The molecule has 0 bridgehead atoms. The van der Waals surface area contributed by atoms with Crippen molar-refractivity contribution in [3.8, 4) is 34.7 Å². The summed E-state index contributed by atoms with van der Waals surface area (Å²) < 4.78 is 6.95. The van der Waals surface area contributed by atoms with Gasteiger partial charge in [-0.15, -0.1) is 0 Å². The Hall–Kier alpha value is -5.39. The van der Waals surface area contributed by atoms with Crippen molar-refractivity contribution in [2.75, 3.05) is 6.61 Å². The number of nitrogens with zero attached hydrogens (tertiary/aromatic N) is 5. The lowest BCUT2D eigenvalue weighted by atomic mass is 10.1. The number of hydrogen-bond acceptors (Lipinski definition) is 7. The van der Waals surface area contributed by atoms with Gasteiger partial charge >= 0.3 is 6.09 Å². The van der Waals surface area contributed by atoms with Gasteiger partial charge < -0.3 is 25.3 Å². The van der Waals surface area contributed by atoms with Crippen LogP contribution < -0.4 is 11.1 Å². The van der Waals surface area contributed by atoms with E-state index in [1.807, 2.05) is 48.9 Å². The van der Waals surface area contributed by atoms with Crippen molar-refractivity contribution in [3.63, 3.8) is 0 Å². The Balaban J connectivity index is 0.000000189. The van der Waals surface area contributed by atoms with Crippen molar-refractivity contribution < 1.29 is 9.53 Å². The van der Waals surface area contributed by atoms with Crippen LogP contribution in [0.5, 0.6) is 0 Å². The first kappa shape index (κ1) is 33.0. The van der Waals surface area contributed by atoms with Crippen LogP contribution in [0.2, 0.25) is 10.0 Å². The van der Waals surface area contributed by atoms with E-state index in [2.05, 4.69) is 32.4 Å². The zero-order chi connectivity index (χ0) is 33.5. The van der Waals surface area contributed by atoms with Gasteiger partial charge in [0.15, 0.2) is 0 Å². The van der Waals surface area contributed by atoms with Gasteiger partial charge in [-0.05, 0) is 66.1 Å². The third-order valence-electron chi connectivity index (χ3n) is 7.41. The number of benzene rings is 2. The van der Waals surface area contributed by atoms with Crippen LogP contribution in [0.1, 0.15) is 35.6 Å². The highest BCUT2D eigenvalue weighted by Crippen LogP contribution is 2.34. The number of carbonyl (C=O) groups is 1. The number of nitrogens with two attached hydrogens (primary N) is 1. The number of hydrogen-bond donors (Lipinski definition) is 3. The van der Waals surface area contributed by atoms with E-state index in [4.69, 9.17) is 33.7 Å². The highest BCUT2D eigenvalue weighted by Gasteiger charge is 2.18. The molecular weight excluding hydrogens is 635 g/mol. The fourth-order valence-electron chi connectivity index (χ4n) is 5.23. The number of nitrogens with one attached hydrogen (secondary N) is 2. The molecule has 236 valence electrons. The third-order valence-corrected chi connectivity index (χ3v) is 7.88. The van der Waals surface area contributed by atoms with Crippen molar-refractivity contribution in [1.82, 2.24) is 24.8 Å². The summed E-state index contributed by atoms with van der Waals surface area (Å²) in [5.41, 5.74) is 13.4. The number of ether oxygens (including phenoxy) is 1. The van der Waals surface area contributed by atoms with Crippen molar-refractivity contribution in [2.45, 2.75) is 26.4 Å². The number of nitriles is 2. The molecule has 0 aliphatic heterocycles. The van der Waals surface area contributed by atoms with Crippen molar-refractivity contribution in [1.29, 1.82) is 10.5 Å². The zero-order valence-corrected chi connectivity index (χ0v) is 27.2. The predicted molar refractivity (Wildman–Crippen MR) is 183 cm³/mol. The Morgan fingerprint density at radius 2 is 1.60 bits per heavy atom. The molecule has 0 aliphatic rings. The van der Waals surface area contributed by atoms with E-state index in [-0.39, 0.29) is 6.54 Å². The summed E-state index contributed by atoms with van der Waals surface area (Å²) in [6.45, 7) is 3.02. The summed E-state index contributed by atoms with van der Waals surface area (Å²) in [4.78, 5) is 23.2. The van der Waals surface area contributed by atoms with Crippen LogP contribution in [0.15, 0.2) is 73.3 Å². The molecule has 47 heavy (non-hydrogen) atoms. The van der Waals surface area contributed by atoms with Crippen LogP contribution >= 0.6 is 23.2 Å². The molecule has 0 saturated carbocycles.